The topological polar surface area (TPSA) is 49.4 Å². The first-order chi connectivity index (χ1) is 5.69. The maximum atomic E-state index is 11.2. The zero-order valence-electron chi connectivity index (χ0n) is 7.46. The number of nitrogens with one attached hydrogen (secondary N) is 1. The Bertz CT molecular complexity index is 199. The molecule has 12 heavy (non-hydrogen) atoms. The number of carbonyl (C=O) groups excluding carboxylic acids is 2. The summed E-state index contributed by atoms with van der Waals surface area (Å²) in [7, 11) is 0. The molecule has 1 rings (SSSR count). The maximum absolute atomic E-state index is 11.2. The van der Waals surface area contributed by atoms with E-state index in [-0.39, 0.29) is 17.9 Å². The van der Waals surface area contributed by atoms with Gasteiger partial charge in [-0.3, -0.25) is 19.8 Å². The Hall–Kier alpha value is -0.900. The van der Waals surface area contributed by atoms with Gasteiger partial charge in [0.1, 0.15) is 0 Å². The molecule has 1 heterocycles. The third-order valence-corrected chi connectivity index (χ3v) is 2.20. The Morgan fingerprint density at radius 3 is 2.33 bits per heavy atom. The number of hydrogen-bond donors (Lipinski definition) is 1. The number of carbonyl (C=O) groups is 2. The van der Waals surface area contributed by atoms with Crippen LogP contribution in [0.25, 0.3) is 0 Å². The van der Waals surface area contributed by atoms with E-state index in [1.165, 1.54) is 0 Å². The minimum atomic E-state index is -0.229. The Morgan fingerprint density at radius 2 is 2.00 bits per heavy atom. The number of amides is 2. The zero-order chi connectivity index (χ0) is 9.14. The van der Waals surface area contributed by atoms with Gasteiger partial charge < -0.3 is 0 Å². The molecule has 1 atom stereocenters. The summed E-state index contributed by atoms with van der Waals surface area (Å²) < 4.78 is 0. The Balaban J connectivity index is 2.62. The van der Waals surface area contributed by atoms with Crippen molar-refractivity contribution in [2.24, 2.45) is 0 Å². The van der Waals surface area contributed by atoms with Crippen LogP contribution in [0.1, 0.15) is 20.3 Å². The van der Waals surface area contributed by atoms with E-state index in [9.17, 15) is 9.59 Å². The number of rotatable bonds is 3. The van der Waals surface area contributed by atoms with Crippen LogP contribution in [0.3, 0.4) is 0 Å². The second-order valence-electron chi connectivity index (χ2n) is 2.85. The first-order valence-corrected chi connectivity index (χ1v) is 4.26. The van der Waals surface area contributed by atoms with Crippen molar-refractivity contribution in [3.8, 4) is 0 Å². The molecule has 0 aliphatic carbocycles. The molecule has 68 valence electrons. The SMILES string of the molecule is CCN(CC)C1CC(=O)NC1=O. The summed E-state index contributed by atoms with van der Waals surface area (Å²) in [5.41, 5.74) is 0. The monoisotopic (exact) mass is 170 g/mol. The molecule has 0 spiro atoms. The number of likely N-dealkylation sites (N-methyl/N-ethyl adjacent to an activating group) is 1. The van der Waals surface area contributed by atoms with Gasteiger partial charge in [0.15, 0.2) is 0 Å². The van der Waals surface area contributed by atoms with Crippen LogP contribution >= 0.6 is 0 Å². The zero-order valence-corrected chi connectivity index (χ0v) is 7.46. The molecular weight excluding hydrogens is 156 g/mol. The molecular formula is C8H14N2O2. The standard InChI is InChI=1S/C8H14N2O2/c1-3-10(4-2)6-5-7(11)9-8(6)12/h6H,3-5H2,1-2H3,(H,9,11,12). The summed E-state index contributed by atoms with van der Waals surface area (Å²) in [6.45, 7) is 5.59. The van der Waals surface area contributed by atoms with Gasteiger partial charge in [-0.05, 0) is 13.1 Å². The summed E-state index contributed by atoms with van der Waals surface area (Å²) in [6.07, 6.45) is 0.320. The summed E-state index contributed by atoms with van der Waals surface area (Å²) in [5, 5.41) is 2.30. The van der Waals surface area contributed by atoms with E-state index in [0.717, 1.165) is 13.1 Å². The molecule has 1 aliphatic rings. The van der Waals surface area contributed by atoms with E-state index in [0.29, 0.717) is 6.42 Å². The van der Waals surface area contributed by atoms with Crippen molar-refractivity contribution in [2.45, 2.75) is 26.3 Å². The second kappa shape index (κ2) is 3.67. The van der Waals surface area contributed by atoms with Gasteiger partial charge in [0.2, 0.25) is 11.8 Å². The molecule has 0 aromatic carbocycles. The third kappa shape index (κ3) is 1.64. The van der Waals surface area contributed by atoms with Gasteiger partial charge in [-0.2, -0.15) is 0 Å². The molecule has 0 saturated carbocycles. The molecule has 0 bridgehead atoms. The van der Waals surface area contributed by atoms with Crippen LogP contribution in [0.5, 0.6) is 0 Å². The highest BCUT2D eigenvalue weighted by molar-refractivity contribution is 6.05. The predicted molar refractivity (Wildman–Crippen MR) is 44.5 cm³/mol. The van der Waals surface area contributed by atoms with Crippen molar-refractivity contribution in [3.05, 3.63) is 0 Å². The molecule has 1 saturated heterocycles. The lowest BCUT2D eigenvalue weighted by Crippen LogP contribution is -2.40. The Kier molecular flexibility index (Phi) is 2.81. The highest BCUT2D eigenvalue weighted by Crippen LogP contribution is 2.09. The highest BCUT2D eigenvalue weighted by Gasteiger charge is 2.33. The normalized spacial score (nSPS) is 23.4. The number of imide groups is 1. The molecule has 0 aromatic heterocycles. The van der Waals surface area contributed by atoms with E-state index in [2.05, 4.69) is 5.32 Å². The van der Waals surface area contributed by atoms with Gasteiger partial charge in [-0.25, -0.2) is 0 Å². The van der Waals surface area contributed by atoms with E-state index >= 15 is 0 Å². The van der Waals surface area contributed by atoms with Crippen LogP contribution in [-0.2, 0) is 9.59 Å². The molecule has 1 N–H and O–H groups in total. The van der Waals surface area contributed by atoms with Crippen LogP contribution < -0.4 is 5.32 Å². The molecule has 4 nitrogen and oxygen atoms in total. The van der Waals surface area contributed by atoms with Gasteiger partial charge in [0.25, 0.3) is 0 Å². The van der Waals surface area contributed by atoms with Crippen LogP contribution in [0, 0.1) is 0 Å². The van der Waals surface area contributed by atoms with Gasteiger partial charge in [0.05, 0.1) is 12.5 Å². The molecule has 2 amide bonds. The minimum absolute atomic E-state index is 0.149. The van der Waals surface area contributed by atoms with Crippen molar-refractivity contribution in [2.75, 3.05) is 13.1 Å². The van der Waals surface area contributed by atoms with Crippen LogP contribution in [0.2, 0.25) is 0 Å². The lowest BCUT2D eigenvalue weighted by molar-refractivity contribution is -0.126. The Labute approximate surface area is 71.9 Å². The first kappa shape index (κ1) is 9.19. The number of nitrogens with zero attached hydrogens (tertiary/aromatic N) is 1. The molecule has 1 fully saturated rings. The molecule has 1 aliphatic heterocycles. The third-order valence-electron chi connectivity index (χ3n) is 2.20. The summed E-state index contributed by atoms with van der Waals surface area (Å²) in [6, 6.07) is -0.229. The average Bonchev–Trinajstić information content (AvgIpc) is 2.34. The van der Waals surface area contributed by atoms with Crippen molar-refractivity contribution in [1.29, 1.82) is 0 Å². The summed E-state index contributed by atoms with van der Waals surface area (Å²) in [5.74, 6) is -0.305. The van der Waals surface area contributed by atoms with E-state index in [4.69, 9.17) is 0 Å². The van der Waals surface area contributed by atoms with E-state index in [1.54, 1.807) is 0 Å². The fourth-order valence-corrected chi connectivity index (χ4v) is 1.50. The molecule has 4 heteroatoms. The Morgan fingerprint density at radius 1 is 1.42 bits per heavy atom. The van der Waals surface area contributed by atoms with Crippen LogP contribution in [-0.4, -0.2) is 35.8 Å². The summed E-state index contributed by atoms with van der Waals surface area (Å²) in [4.78, 5) is 24.0. The summed E-state index contributed by atoms with van der Waals surface area (Å²) >= 11 is 0. The fraction of sp³-hybridized carbons (Fsp3) is 0.750. The van der Waals surface area contributed by atoms with Crippen molar-refractivity contribution < 1.29 is 9.59 Å². The van der Waals surface area contributed by atoms with Gasteiger partial charge in [-0.15, -0.1) is 0 Å². The van der Waals surface area contributed by atoms with E-state index in [1.807, 2.05) is 18.7 Å². The van der Waals surface area contributed by atoms with Gasteiger partial charge in [-0.1, -0.05) is 13.8 Å². The van der Waals surface area contributed by atoms with Crippen molar-refractivity contribution >= 4 is 11.8 Å². The molecule has 0 aromatic rings. The van der Waals surface area contributed by atoms with Gasteiger partial charge in [0, 0.05) is 0 Å². The fourth-order valence-electron chi connectivity index (χ4n) is 1.50. The smallest absolute Gasteiger partial charge is 0.244 e. The van der Waals surface area contributed by atoms with E-state index < -0.39 is 0 Å². The molecule has 0 radical (unpaired) electrons. The largest absolute Gasteiger partial charge is 0.295 e. The van der Waals surface area contributed by atoms with Gasteiger partial charge >= 0.3 is 0 Å². The number of hydrogen-bond acceptors (Lipinski definition) is 3. The lowest BCUT2D eigenvalue weighted by atomic mass is 10.2. The lowest BCUT2D eigenvalue weighted by Gasteiger charge is -2.22. The van der Waals surface area contributed by atoms with Crippen LogP contribution in [0.15, 0.2) is 0 Å². The average molecular weight is 170 g/mol. The van der Waals surface area contributed by atoms with Crippen molar-refractivity contribution in [1.82, 2.24) is 10.2 Å². The van der Waals surface area contributed by atoms with Crippen LogP contribution in [0.4, 0.5) is 0 Å². The van der Waals surface area contributed by atoms with Crippen molar-refractivity contribution in [3.63, 3.8) is 0 Å². The predicted octanol–water partition coefficient (Wildman–Crippen LogP) is -0.257. The second-order valence-corrected chi connectivity index (χ2v) is 2.85. The molecule has 1 unspecified atom stereocenters. The first-order valence-electron chi connectivity index (χ1n) is 4.26. The maximum Gasteiger partial charge on any atom is 0.244 e. The quantitative estimate of drug-likeness (QED) is 0.594. The highest BCUT2D eigenvalue weighted by atomic mass is 16.2. The minimum Gasteiger partial charge on any atom is -0.295 e.